The van der Waals surface area contributed by atoms with Gasteiger partial charge in [0.25, 0.3) is 0 Å². The molecule has 1 aliphatic rings. The fourth-order valence-corrected chi connectivity index (χ4v) is 2.43. The van der Waals surface area contributed by atoms with Gasteiger partial charge in [0.05, 0.1) is 0 Å². The fraction of sp³-hybridized carbons (Fsp3) is 0.706. The summed E-state index contributed by atoms with van der Waals surface area (Å²) in [5, 5.41) is 3.51. The number of nitrogens with zero attached hydrogens (tertiary/aromatic N) is 2. The molecule has 3 heteroatoms. The van der Waals surface area contributed by atoms with Crippen molar-refractivity contribution in [3.63, 3.8) is 0 Å². The van der Waals surface area contributed by atoms with Crippen molar-refractivity contribution in [3.05, 3.63) is 24.0 Å². The molecule has 1 aromatic heterocycles. The maximum absolute atomic E-state index is 4.31. The molecule has 1 heterocycles. The van der Waals surface area contributed by atoms with Crippen molar-refractivity contribution < 1.29 is 0 Å². The number of nitrogens with one attached hydrogen (secondary N) is 1. The molecule has 1 aromatic rings. The number of hydrogen-bond donors (Lipinski definition) is 1. The predicted octanol–water partition coefficient (Wildman–Crippen LogP) is 3.59. The van der Waals surface area contributed by atoms with Crippen molar-refractivity contribution in [1.82, 2.24) is 10.3 Å². The van der Waals surface area contributed by atoms with Gasteiger partial charge in [-0.25, -0.2) is 0 Å². The maximum Gasteiger partial charge on any atom is 0.0445 e. The molecule has 0 aromatic carbocycles. The molecule has 0 bridgehead atoms. The van der Waals surface area contributed by atoms with E-state index in [-0.39, 0.29) is 0 Å². The Hall–Kier alpha value is -1.09. The topological polar surface area (TPSA) is 28.2 Å². The second kappa shape index (κ2) is 7.07. The van der Waals surface area contributed by atoms with Crippen molar-refractivity contribution in [1.29, 1.82) is 0 Å². The normalized spacial score (nSPS) is 15.1. The van der Waals surface area contributed by atoms with Gasteiger partial charge in [0.2, 0.25) is 0 Å². The van der Waals surface area contributed by atoms with Crippen LogP contribution in [-0.4, -0.2) is 23.6 Å². The van der Waals surface area contributed by atoms with E-state index in [9.17, 15) is 0 Å². The minimum absolute atomic E-state index is 0.507. The summed E-state index contributed by atoms with van der Waals surface area (Å²) in [4.78, 5) is 6.92. The van der Waals surface area contributed by atoms with Gasteiger partial charge in [-0.05, 0) is 31.2 Å². The highest BCUT2D eigenvalue weighted by atomic mass is 15.2. The highest BCUT2D eigenvalue weighted by Gasteiger charge is 2.30. The zero-order valence-electron chi connectivity index (χ0n) is 13.4. The summed E-state index contributed by atoms with van der Waals surface area (Å²) >= 11 is 0. The van der Waals surface area contributed by atoms with Crippen LogP contribution in [0, 0.1) is 5.92 Å². The molecule has 0 aliphatic heterocycles. The Morgan fingerprint density at radius 1 is 1.30 bits per heavy atom. The highest BCUT2D eigenvalue weighted by Crippen LogP contribution is 2.33. The summed E-state index contributed by atoms with van der Waals surface area (Å²) in [6.07, 6.45) is 7.90. The first kappa shape index (κ1) is 15.3. The van der Waals surface area contributed by atoms with Gasteiger partial charge in [-0.15, -0.1) is 0 Å². The third kappa shape index (κ3) is 4.48. The van der Waals surface area contributed by atoms with E-state index in [1.807, 2.05) is 12.4 Å². The van der Waals surface area contributed by atoms with Gasteiger partial charge in [-0.1, -0.05) is 27.7 Å². The Morgan fingerprint density at radius 2 is 2.05 bits per heavy atom. The average Bonchev–Trinajstić information content (AvgIpc) is 3.22. The van der Waals surface area contributed by atoms with Crippen molar-refractivity contribution in [2.75, 3.05) is 11.4 Å². The van der Waals surface area contributed by atoms with Crippen LogP contribution in [0.5, 0.6) is 0 Å². The van der Waals surface area contributed by atoms with E-state index in [1.54, 1.807) is 0 Å². The smallest absolute Gasteiger partial charge is 0.0445 e. The monoisotopic (exact) mass is 275 g/mol. The Morgan fingerprint density at radius 3 is 2.65 bits per heavy atom. The molecule has 112 valence electrons. The predicted molar refractivity (Wildman–Crippen MR) is 86.0 cm³/mol. The molecule has 1 fully saturated rings. The quantitative estimate of drug-likeness (QED) is 0.786. The Labute approximate surface area is 123 Å². The van der Waals surface area contributed by atoms with Crippen LogP contribution in [0.1, 0.15) is 52.5 Å². The van der Waals surface area contributed by atoms with Crippen LogP contribution in [0.3, 0.4) is 0 Å². The van der Waals surface area contributed by atoms with E-state index >= 15 is 0 Å². The molecular formula is C17H29N3. The van der Waals surface area contributed by atoms with Crippen LogP contribution in [0.15, 0.2) is 18.5 Å². The summed E-state index contributed by atoms with van der Waals surface area (Å²) in [5.41, 5.74) is 2.72. The maximum atomic E-state index is 4.31. The largest absolute Gasteiger partial charge is 0.368 e. The van der Waals surface area contributed by atoms with Gasteiger partial charge in [0.15, 0.2) is 0 Å². The van der Waals surface area contributed by atoms with Crippen molar-refractivity contribution >= 4 is 5.69 Å². The summed E-state index contributed by atoms with van der Waals surface area (Å²) in [6.45, 7) is 11.1. The van der Waals surface area contributed by atoms with E-state index in [0.717, 1.165) is 18.5 Å². The molecule has 1 saturated carbocycles. The van der Waals surface area contributed by atoms with Gasteiger partial charge in [0, 0.05) is 48.8 Å². The number of hydrogen-bond acceptors (Lipinski definition) is 3. The van der Waals surface area contributed by atoms with Gasteiger partial charge in [0.1, 0.15) is 0 Å². The number of anilines is 1. The number of rotatable bonds is 8. The zero-order valence-corrected chi connectivity index (χ0v) is 13.4. The summed E-state index contributed by atoms with van der Waals surface area (Å²) < 4.78 is 0. The molecule has 20 heavy (non-hydrogen) atoms. The molecule has 2 rings (SSSR count). The van der Waals surface area contributed by atoms with Gasteiger partial charge in [-0.2, -0.15) is 0 Å². The van der Waals surface area contributed by atoms with Crippen LogP contribution in [0.25, 0.3) is 0 Å². The molecule has 0 radical (unpaired) electrons. The fourth-order valence-electron chi connectivity index (χ4n) is 2.43. The average molecular weight is 275 g/mol. The van der Waals surface area contributed by atoms with E-state index in [2.05, 4.69) is 49.0 Å². The lowest BCUT2D eigenvalue weighted by atomic mass is 10.1. The lowest BCUT2D eigenvalue weighted by Crippen LogP contribution is -2.30. The first-order chi connectivity index (χ1) is 9.58. The summed E-state index contributed by atoms with van der Waals surface area (Å²) in [7, 11) is 0. The van der Waals surface area contributed by atoms with Crippen LogP contribution in [0.4, 0.5) is 5.69 Å². The Balaban J connectivity index is 2.10. The third-order valence-corrected chi connectivity index (χ3v) is 3.82. The molecule has 0 amide bonds. The van der Waals surface area contributed by atoms with Crippen molar-refractivity contribution in [3.8, 4) is 0 Å². The Kier molecular flexibility index (Phi) is 5.41. The van der Waals surface area contributed by atoms with E-state index in [0.29, 0.717) is 6.04 Å². The second-order valence-corrected chi connectivity index (χ2v) is 6.65. The summed E-state index contributed by atoms with van der Waals surface area (Å²) in [5.74, 6) is 0.760. The molecule has 3 nitrogen and oxygen atoms in total. The number of pyridine rings is 1. The molecule has 0 saturated heterocycles. The minimum atomic E-state index is 0.507. The van der Waals surface area contributed by atoms with Crippen molar-refractivity contribution in [2.45, 2.75) is 65.6 Å². The zero-order chi connectivity index (χ0) is 14.5. The second-order valence-electron chi connectivity index (χ2n) is 6.65. The first-order valence-electron chi connectivity index (χ1n) is 8.01. The van der Waals surface area contributed by atoms with Crippen LogP contribution < -0.4 is 10.2 Å². The molecule has 1 N–H and O–H groups in total. The standard InChI is InChI=1S/C17H29N3/c1-13(2)8-10-20(16-5-6-16)17-7-9-18-11-15(17)12-19-14(3)4/h7,9,11,13-14,16,19H,5-6,8,10,12H2,1-4H3. The van der Waals surface area contributed by atoms with Crippen molar-refractivity contribution in [2.24, 2.45) is 5.92 Å². The van der Waals surface area contributed by atoms with Gasteiger partial charge in [-0.3, -0.25) is 4.98 Å². The van der Waals surface area contributed by atoms with E-state index < -0.39 is 0 Å². The molecule has 1 aliphatic carbocycles. The van der Waals surface area contributed by atoms with Gasteiger partial charge < -0.3 is 10.2 Å². The highest BCUT2D eigenvalue weighted by molar-refractivity contribution is 5.54. The molecule has 0 atom stereocenters. The van der Waals surface area contributed by atoms with Crippen LogP contribution in [0.2, 0.25) is 0 Å². The van der Waals surface area contributed by atoms with E-state index in [1.165, 1.54) is 37.1 Å². The molecular weight excluding hydrogens is 246 g/mol. The van der Waals surface area contributed by atoms with Crippen LogP contribution >= 0.6 is 0 Å². The number of aromatic nitrogens is 1. The van der Waals surface area contributed by atoms with Crippen LogP contribution in [-0.2, 0) is 6.54 Å². The summed E-state index contributed by atoms with van der Waals surface area (Å²) in [6, 6.07) is 3.46. The SMILES string of the molecule is CC(C)CCN(c1ccncc1CNC(C)C)C1CC1. The molecule has 0 spiro atoms. The lowest BCUT2D eigenvalue weighted by Gasteiger charge is -2.28. The molecule has 0 unspecified atom stereocenters. The Bertz CT molecular complexity index is 410. The van der Waals surface area contributed by atoms with Gasteiger partial charge >= 0.3 is 0 Å². The minimum Gasteiger partial charge on any atom is -0.368 e. The third-order valence-electron chi connectivity index (χ3n) is 3.82. The lowest BCUT2D eigenvalue weighted by molar-refractivity contribution is 0.564. The first-order valence-corrected chi connectivity index (χ1v) is 8.01. The van der Waals surface area contributed by atoms with E-state index in [4.69, 9.17) is 0 Å².